The Labute approximate surface area is 89.2 Å². The van der Waals surface area contributed by atoms with Crippen LogP contribution in [0.2, 0.25) is 0 Å². The van der Waals surface area contributed by atoms with E-state index in [1.165, 1.54) is 5.54 Å². The number of hydrogen-bond donors (Lipinski definition) is 0. The Morgan fingerprint density at radius 2 is 1.92 bits per heavy atom. The molecule has 0 aliphatic rings. The van der Waals surface area contributed by atoms with Crippen LogP contribution >= 0.6 is 23.2 Å². The average Bonchev–Trinajstić information content (AvgIpc) is 2.19. The summed E-state index contributed by atoms with van der Waals surface area (Å²) in [4.78, 5) is -0.455. The fourth-order valence-corrected chi connectivity index (χ4v) is 1.70. The quantitative estimate of drug-likeness (QED) is 0.660. The van der Waals surface area contributed by atoms with E-state index in [-0.39, 0.29) is 0 Å². The van der Waals surface area contributed by atoms with Crippen LogP contribution in [0.1, 0.15) is 18.9 Å². The lowest BCUT2D eigenvalue weighted by molar-refractivity contribution is 0.724. The molecule has 0 aromatic heterocycles. The second kappa shape index (κ2) is 4.69. The predicted octanol–water partition coefficient (Wildman–Crippen LogP) is 4.28. The van der Waals surface area contributed by atoms with Gasteiger partial charge in [-0.25, -0.2) is 0 Å². The molecule has 13 heavy (non-hydrogen) atoms. The first kappa shape index (κ1) is 10.6. The maximum Gasteiger partial charge on any atom is 0.0883 e. The number of halogens is 2. The van der Waals surface area contributed by atoms with Crippen LogP contribution in [0.5, 0.6) is 0 Å². The SMILES string of the molecule is CCC(Cl)(C=CCl)c1ccccc1. The lowest BCUT2D eigenvalue weighted by Crippen LogP contribution is -2.13. The molecule has 1 aromatic carbocycles. The Kier molecular flexibility index (Phi) is 3.83. The fraction of sp³-hybridized carbons (Fsp3) is 0.273. The van der Waals surface area contributed by atoms with Crippen molar-refractivity contribution in [2.24, 2.45) is 0 Å². The molecule has 1 rings (SSSR count). The maximum absolute atomic E-state index is 6.38. The van der Waals surface area contributed by atoms with Crippen molar-refractivity contribution in [3.8, 4) is 0 Å². The topological polar surface area (TPSA) is 0 Å². The van der Waals surface area contributed by atoms with Crippen molar-refractivity contribution < 1.29 is 0 Å². The highest BCUT2D eigenvalue weighted by Crippen LogP contribution is 2.34. The smallest absolute Gasteiger partial charge is 0.0883 e. The van der Waals surface area contributed by atoms with Gasteiger partial charge in [-0.3, -0.25) is 0 Å². The normalized spacial score (nSPS) is 15.9. The largest absolute Gasteiger partial charge is 0.109 e. The van der Waals surface area contributed by atoms with E-state index < -0.39 is 4.87 Å². The summed E-state index contributed by atoms with van der Waals surface area (Å²) < 4.78 is 0. The summed E-state index contributed by atoms with van der Waals surface area (Å²) in [6.45, 7) is 2.04. The molecule has 0 aliphatic heterocycles. The van der Waals surface area contributed by atoms with Gasteiger partial charge in [-0.15, -0.1) is 11.6 Å². The van der Waals surface area contributed by atoms with Crippen LogP contribution in [0.25, 0.3) is 0 Å². The van der Waals surface area contributed by atoms with Crippen molar-refractivity contribution in [2.45, 2.75) is 18.2 Å². The van der Waals surface area contributed by atoms with Gasteiger partial charge in [0.05, 0.1) is 4.87 Å². The van der Waals surface area contributed by atoms with Gasteiger partial charge in [0.15, 0.2) is 0 Å². The molecule has 0 heterocycles. The highest BCUT2D eigenvalue weighted by atomic mass is 35.5. The molecule has 0 spiro atoms. The van der Waals surface area contributed by atoms with Crippen LogP contribution in [-0.2, 0) is 4.87 Å². The third-order valence-electron chi connectivity index (χ3n) is 2.10. The van der Waals surface area contributed by atoms with E-state index in [0.717, 1.165) is 12.0 Å². The second-order valence-corrected chi connectivity index (χ2v) is 3.80. The van der Waals surface area contributed by atoms with Crippen molar-refractivity contribution in [2.75, 3.05) is 0 Å². The molecule has 0 nitrogen and oxygen atoms in total. The molecule has 0 N–H and O–H groups in total. The summed E-state index contributed by atoms with van der Waals surface area (Å²) in [5.41, 5.74) is 2.56. The van der Waals surface area contributed by atoms with Gasteiger partial charge >= 0.3 is 0 Å². The zero-order valence-electron chi connectivity index (χ0n) is 7.50. The molecule has 1 aromatic rings. The first-order valence-electron chi connectivity index (χ1n) is 4.25. The molecule has 70 valence electrons. The summed E-state index contributed by atoms with van der Waals surface area (Å²) >= 11 is 11.9. The number of benzene rings is 1. The summed E-state index contributed by atoms with van der Waals surface area (Å²) in [6.07, 6.45) is 2.63. The zero-order valence-corrected chi connectivity index (χ0v) is 9.02. The van der Waals surface area contributed by atoms with Crippen LogP contribution < -0.4 is 0 Å². The van der Waals surface area contributed by atoms with Crippen LogP contribution in [0.4, 0.5) is 0 Å². The number of hydrogen-bond acceptors (Lipinski definition) is 0. The first-order valence-corrected chi connectivity index (χ1v) is 5.06. The summed E-state index contributed by atoms with van der Waals surface area (Å²) in [6, 6.07) is 9.94. The summed E-state index contributed by atoms with van der Waals surface area (Å²) in [5.74, 6) is 0. The lowest BCUT2D eigenvalue weighted by atomic mass is 9.96. The minimum Gasteiger partial charge on any atom is -0.109 e. The molecule has 0 amide bonds. The van der Waals surface area contributed by atoms with E-state index in [9.17, 15) is 0 Å². The van der Waals surface area contributed by atoms with Crippen molar-refractivity contribution in [1.29, 1.82) is 0 Å². The van der Waals surface area contributed by atoms with Gasteiger partial charge in [0.2, 0.25) is 0 Å². The van der Waals surface area contributed by atoms with E-state index >= 15 is 0 Å². The Hall–Kier alpha value is -0.460. The van der Waals surface area contributed by atoms with Crippen LogP contribution in [-0.4, -0.2) is 0 Å². The molecule has 1 unspecified atom stereocenters. The van der Waals surface area contributed by atoms with Gasteiger partial charge in [-0.2, -0.15) is 0 Å². The zero-order chi connectivity index (χ0) is 9.73. The molecule has 0 radical (unpaired) electrons. The van der Waals surface area contributed by atoms with E-state index in [0.29, 0.717) is 0 Å². The van der Waals surface area contributed by atoms with E-state index in [4.69, 9.17) is 23.2 Å². The Morgan fingerprint density at radius 3 is 2.38 bits per heavy atom. The van der Waals surface area contributed by atoms with E-state index in [2.05, 4.69) is 0 Å². The van der Waals surface area contributed by atoms with E-state index in [1.54, 1.807) is 0 Å². The standard InChI is InChI=1S/C11H12Cl2/c1-2-11(13,8-9-12)10-6-4-3-5-7-10/h3-9H,2H2,1H3. The van der Waals surface area contributed by atoms with Gasteiger partial charge in [-0.05, 0) is 18.1 Å². The minimum atomic E-state index is -0.455. The average molecular weight is 215 g/mol. The molecule has 0 saturated heterocycles. The molecule has 0 bridgehead atoms. The van der Waals surface area contributed by atoms with Crippen molar-refractivity contribution >= 4 is 23.2 Å². The summed E-state index contributed by atoms with van der Waals surface area (Å²) in [7, 11) is 0. The van der Waals surface area contributed by atoms with Gasteiger partial charge < -0.3 is 0 Å². The van der Waals surface area contributed by atoms with Crippen molar-refractivity contribution in [3.63, 3.8) is 0 Å². The minimum absolute atomic E-state index is 0.455. The Bertz CT molecular complexity index is 279. The third kappa shape index (κ3) is 2.49. The highest BCUT2D eigenvalue weighted by molar-refractivity contribution is 6.28. The highest BCUT2D eigenvalue weighted by Gasteiger charge is 2.23. The molecular weight excluding hydrogens is 203 g/mol. The Balaban J connectivity index is 3.03. The first-order chi connectivity index (χ1) is 6.23. The Morgan fingerprint density at radius 1 is 1.31 bits per heavy atom. The van der Waals surface area contributed by atoms with Crippen molar-refractivity contribution in [3.05, 3.63) is 47.5 Å². The number of alkyl halides is 1. The predicted molar refractivity (Wildman–Crippen MR) is 59.3 cm³/mol. The molecule has 0 saturated carbocycles. The fourth-order valence-electron chi connectivity index (χ4n) is 1.23. The summed E-state index contributed by atoms with van der Waals surface area (Å²) in [5, 5.41) is 0. The maximum atomic E-state index is 6.38. The van der Waals surface area contributed by atoms with Gasteiger partial charge in [-0.1, -0.05) is 48.9 Å². The second-order valence-electron chi connectivity index (χ2n) is 2.87. The van der Waals surface area contributed by atoms with Crippen molar-refractivity contribution in [1.82, 2.24) is 0 Å². The molecule has 0 fully saturated rings. The molecule has 0 aliphatic carbocycles. The van der Waals surface area contributed by atoms with Crippen LogP contribution in [0.3, 0.4) is 0 Å². The van der Waals surface area contributed by atoms with Gasteiger partial charge in [0, 0.05) is 5.54 Å². The van der Waals surface area contributed by atoms with Crippen LogP contribution in [0, 0.1) is 0 Å². The lowest BCUT2D eigenvalue weighted by Gasteiger charge is -2.21. The molecular formula is C11H12Cl2. The van der Waals surface area contributed by atoms with Crippen LogP contribution in [0.15, 0.2) is 41.9 Å². The molecule has 1 atom stereocenters. The van der Waals surface area contributed by atoms with Gasteiger partial charge in [0.1, 0.15) is 0 Å². The molecule has 2 heteroatoms. The van der Waals surface area contributed by atoms with E-state index in [1.807, 2.05) is 43.3 Å². The third-order valence-corrected chi connectivity index (χ3v) is 2.83. The number of rotatable bonds is 3. The monoisotopic (exact) mass is 214 g/mol. The number of allylic oxidation sites excluding steroid dienone is 1. The van der Waals surface area contributed by atoms with Gasteiger partial charge in [0.25, 0.3) is 0 Å².